The zero-order chi connectivity index (χ0) is 32.5. The van der Waals surface area contributed by atoms with Crippen LogP contribution in [-0.4, -0.2) is 36.2 Å². The number of hydrogen-bond acceptors (Lipinski definition) is 8. The summed E-state index contributed by atoms with van der Waals surface area (Å²) < 4.78 is 11.5. The van der Waals surface area contributed by atoms with E-state index in [4.69, 9.17) is 21.1 Å². The Hall–Kier alpha value is -5.19. The van der Waals surface area contributed by atoms with E-state index in [1.165, 1.54) is 17.6 Å². The first-order valence-corrected chi connectivity index (χ1v) is 15.7. The molecule has 5 aromatic rings. The van der Waals surface area contributed by atoms with Crippen molar-refractivity contribution >= 4 is 57.5 Å². The molecule has 2 amide bonds. The highest BCUT2D eigenvalue weighted by atomic mass is 35.5. The standard InChI is InChI=1S/C35H32ClN5O4S/c1-4-44-31-18-24(17-28(36)33(31)45-20-32(42)39-29-15-10-22(2)16-23(29)3)19-37-41-34(43)26-13-11-25(12-14-26)30-21-46-35(40-30)38-27-8-6-5-7-9-27/h5-19,21H,4,20H2,1-3H3,(H,38,40)(H,39,42)(H,41,43)/b37-19+. The molecule has 46 heavy (non-hydrogen) atoms. The first kappa shape index (κ1) is 32.2. The van der Waals surface area contributed by atoms with Crippen LogP contribution in [-0.2, 0) is 4.79 Å². The van der Waals surface area contributed by atoms with Crippen molar-refractivity contribution in [2.45, 2.75) is 20.8 Å². The molecule has 0 aliphatic heterocycles. The largest absolute Gasteiger partial charge is 0.490 e. The molecule has 4 aromatic carbocycles. The summed E-state index contributed by atoms with van der Waals surface area (Å²) in [4.78, 5) is 29.9. The van der Waals surface area contributed by atoms with E-state index in [-0.39, 0.29) is 29.2 Å². The summed E-state index contributed by atoms with van der Waals surface area (Å²) in [7, 11) is 0. The van der Waals surface area contributed by atoms with Crippen molar-refractivity contribution < 1.29 is 19.1 Å². The Balaban J connectivity index is 1.18. The minimum Gasteiger partial charge on any atom is -0.490 e. The van der Waals surface area contributed by atoms with Crippen LogP contribution in [0.5, 0.6) is 11.5 Å². The Morgan fingerprint density at radius 3 is 2.50 bits per heavy atom. The van der Waals surface area contributed by atoms with E-state index in [2.05, 4.69) is 26.1 Å². The minimum atomic E-state index is -0.376. The number of nitrogens with zero attached hydrogens (tertiary/aromatic N) is 2. The number of carbonyl (C=O) groups is 2. The van der Waals surface area contributed by atoms with Gasteiger partial charge in [-0.15, -0.1) is 11.3 Å². The van der Waals surface area contributed by atoms with Crippen molar-refractivity contribution in [3.05, 3.63) is 118 Å². The first-order valence-electron chi connectivity index (χ1n) is 14.5. The summed E-state index contributed by atoms with van der Waals surface area (Å²) in [5.41, 5.74) is 8.98. The Kier molecular flexibility index (Phi) is 10.6. The molecule has 0 spiro atoms. The number of hydrogen-bond donors (Lipinski definition) is 3. The number of anilines is 3. The highest BCUT2D eigenvalue weighted by Crippen LogP contribution is 2.36. The van der Waals surface area contributed by atoms with Gasteiger partial charge in [0, 0.05) is 27.9 Å². The third kappa shape index (κ3) is 8.50. The fraction of sp³-hybridized carbons (Fsp3) is 0.143. The van der Waals surface area contributed by atoms with E-state index >= 15 is 0 Å². The lowest BCUT2D eigenvalue weighted by Gasteiger charge is -2.15. The second-order valence-corrected chi connectivity index (χ2v) is 11.5. The zero-order valence-corrected chi connectivity index (χ0v) is 27.0. The van der Waals surface area contributed by atoms with Gasteiger partial charge in [-0.05, 0) is 74.4 Å². The molecular formula is C35H32ClN5O4S. The van der Waals surface area contributed by atoms with Gasteiger partial charge in [-0.2, -0.15) is 5.10 Å². The van der Waals surface area contributed by atoms with Gasteiger partial charge in [0.2, 0.25) is 0 Å². The normalized spacial score (nSPS) is 10.9. The molecule has 0 aliphatic carbocycles. The van der Waals surface area contributed by atoms with E-state index in [1.807, 2.05) is 86.8 Å². The van der Waals surface area contributed by atoms with E-state index in [1.54, 1.807) is 24.3 Å². The molecule has 0 fully saturated rings. The van der Waals surface area contributed by atoms with Gasteiger partial charge in [0.25, 0.3) is 11.8 Å². The van der Waals surface area contributed by atoms with E-state index < -0.39 is 0 Å². The Bertz CT molecular complexity index is 1860. The number of hydrazone groups is 1. The predicted molar refractivity (Wildman–Crippen MR) is 185 cm³/mol. The third-order valence-corrected chi connectivity index (χ3v) is 7.73. The highest BCUT2D eigenvalue weighted by Gasteiger charge is 2.15. The topological polar surface area (TPSA) is 114 Å². The molecule has 0 bridgehead atoms. The van der Waals surface area contributed by atoms with Crippen LogP contribution in [0.4, 0.5) is 16.5 Å². The van der Waals surface area contributed by atoms with Gasteiger partial charge in [-0.1, -0.05) is 59.6 Å². The molecule has 11 heteroatoms. The number of amides is 2. The lowest BCUT2D eigenvalue weighted by atomic mass is 10.1. The summed E-state index contributed by atoms with van der Waals surface area (Å²) in [6.45, 7) is 5.83. The average Bonchev–Trinajstić information content (AvgIpc) is 3.51. The number of rotatable bonds is 12. The van der Waals surface area contributed by atoms with Gasteiger partial charge in [-0.3, -0.25) is 9.59 Å². The molecule has 9 nitrogen and oxygen atoms in total. The molecule has 1 aromatic heterocycles. The molecule has 0 unspecified atom stereocenters. The number of ether oxygens (including phenoxy) is 2. The van der Waals surface area contributed by atoms with Crippen molar-refractivity contribution in [3.63, 3.8) is 0 Å². The zero-order valence-electron chi connectivity index (χ0n) is 25.5. The number of halogens is 1. The van der Waals surface area contributed by atoms with Gasteiger partial charge in [0.1, 0.15) is 0 Å². The Morgan fingerprint density at radius 2 is 1.76 bits per heavy atom. The average molecular weight is 654 g/mol. The van der Waals surface area contributed by atoms with Crippen molar-refractivity contribution in [3.8, 4) is 22.8 Å². The molecule has 5 rings (SSSR count). The smallest absolute Gasteiger partial charge is 0.271 e. The van der Waals surface area contributed by atoms with Crippen LogP contribution in [0, 0.1) is 13.8 Å². The molecule has 0 radical (unpaired) electrons. The van der Waals surface area contributed by atoms with Crippen LogP contribution in [0.1, 0.15) is 34.0 Å². The fourth-order valence-corrected chi connectivity index (χ4v) is 5.49. The van der Waals surface area contributed by atoms with Crippen LogP contribution in [0.25, 0.3) is 11.3 Å². The van der Waals surface area contributed by atoms with Crippen molar-refractivity contribution in [1.82, 2.24) is 10.4 Å². The van der Waals surface area contributed by atoms with Crippen LogP contribution >= 0.6 is 22.9 Å². The number of aryl methyl sites for hydroxylation is 2. The van der Waals surface area contributed by atoms with Gasteiger partial charge in [0.05, 0.1) is 23.5 Å². The predicted octanol–water partition coefficient (Wildman–Crippen LogP) is 8.00. The Morgan fingerprint density at radius 1 is 0.978 bits per heavy atom. The number of benzene rings is 4. The van der Waals surface area contributed by atoms with Crippen LogP contribution in [0.2, 0.25) is 5.02 Å². The van der Waals surface area contributed by atoms with Crippen LogP contribution in [0.15, 0.2) is 95.4 Å². The van der Waals surface area contributed by atoms with Crippen molar-refractivity contribution in [2.75, 3.05) is 23.8 Å². The van der Waals surface area contributed by atoms with Gasteiger partial charge in [0.15, 0.2) is 23.2 Å². The summed E-state index contributed by atoms with van der Waals surface area (Å²) in [5.74, 6) is -0.118. The van der Waals surface area contributed by atoms with Gasteiger partial charge in [-0.25, -0.2) is 10.4 Å². The van der Waals surface area contributed by atoms with Crippen LogP contribution in [0.3, 0.4) is 0 Å². The minimum absolute atomic E-state index is 0.234. The summed E-state index contributed by atoms with van der Waals surface area (Å²) in [5, 5.41) is 13.2. The lowest BCUT2D eigenvalue weighted by Crippen LogP contribution is -2.21. The first-order chi connectivity index (χ1) is 22.3. The number of thiazole rings is 1. The monoisotopic (exact) mass is 653 g/mol. The van der Waals surface area contributed by atoms with Gasteiger partial charge >= 0.3 is 0 Å². The second-order valence-electron chi connectivity index (χ2n) is 10.2. The quantitative estimate of drug-likeness (QED) is 0.0929. The Labute approximate surface area is 276 Å². The fourth-order valence-electron chi connectivity index (χ4n) is 4.47. The molecule has 0 saturated carbocycles. The molecular weight excluding hydrogens is 622 g/mol. The maximum Gasteiger partial charge on any atom is 0.271 e. The molecule has 0 saturated heterocycles. The molecule has 1 heterocycles. The van der Waals surface area contributed by atoms with Crippen LogP contribution < -0.4 is 25.5 Å². The van der Waals surface area contributed by atoms with E-state index in [0.29, 0.717) is 29.2 Å². The lowest BCUT2D eigenvalue weighted by molar-refractivity contribution is -0.118. The maximum atomic E-state index is 12.7. The van der Waals surface area contributed by atoms with Gasteiger partial charge < -0.3 is 20.1 Å². The molecule has 0 aliphatic rings. The molecule has 0 atom stereocenters. The maximum absolute atomic E-state index is 12.7. The number of carbonyl (C=O) groups excluding carboxylic acids is 2. The second kappa shape index (κ2) is 15.2. The van der Waals surface area contributed by atoms with E-state index in [0.717, 1.165) is 33.2 Å². The molecule has 234 valence electrons. The van der Waals surface area contributed by atoms with Crippen molar-refractivity contribution in [2.24, 2.45) is 5.10 Å². The summed E-state index contributed by atoms with van der Waals surface area (Å²) in [6, 6.07) is 26.0. The van der Waals surface area contributed by atoms with Crippen molar-refractivity contribution in [1.29, 1.82) is 0 Å². The third-order valence-electron chi connectivity index (χ3n) is 6.69. The number of nitrogens with one attached hydrogen (secondary N) is 3. The highest BCUT2D eigenvalue weighted by molar-refractivity contribution is 7.14. The number of para-hydroxylation sites is 1. The summed E-state index contributed by atoms with van der Waals surface area (Å²) in [6.07, 6.45) is 1.45. The summed E-state index contributed by atoms with van der Waals surface area (Å²) >= 11 is 8.01. The van der Waals surface area contributed by atoms with E-state index in [9.17, 15) is 9.59 Å². The number of aromatic nitrogens is 1. The molecule has 3 N–H and O–H groups in total. The SMILES string of the molecule is CCOc1cc(/C=N/NC(=O)c2ccc(-c3csc(Nc4ccccc4)n3)cc2)cc(Cl)c1OCC(=O)Nc1ccc(C)cc1C.